The lowest BCUT2D eigenvalue weighted by atomic mass is 10.2. The van der Waals surface area contributed by atoms with Crippen LogP contribution in [0.2, 0.25) is 0 Å². The first kappa shape index (κ1) is 21.1. The fraction of sp³-hybridized carbons (Fsp3) is 0.400. The van der Waals surface area contributed by atoms with E-state index in [0.29, 0.717) is 37.7 Å². The Kier molecular flexibility index (Phi) is 7.94. The maximum Gasteiger partial charge on any atom is 0.240 e. The Morgan fingerprint density at radius 1 is 0.926 bits per heavy atom. The highest BCUT2D eigenvalue weighted by Gasteiger charge is 2.17. The van der Waals surface area contributed by atoms with Crippen LogP contribution in [0.15, 0.2) is 47.4 Å². The minimum atomic E-state index is -3.63. The molecule has 27 heavy (non-hydrogen) atoms. The first-order valence-electron chi connectivity index (χ1n) is 9.05. The Labute approximate surface area is 161 Å². The highest BCUT2D eigenvalue weighted by molar-refractivity contribution is 7.89. The smallest absolute Gasteiger partial charge is 0.240 e. The summed E-state index contributed by atoms with van der Waals surface area (Å²) in [5, 5.41) is 0. The molecule has 0 aliphatic carbocycles. The first-order chi connectivity index (χ1) is 13.0. The molecule has 0 aliphatic rings. The van der Waals surface area contributed by atoms with Gasteiger partial charge in [0.1, 0.15) is 5.75 Å². The summed E-state index contributed by atoms with van der Waals surface area (Å²) in [6.07, 6.45) is 0.558. The van der Waals surface area contributed by atoms with Crippen LogP contribution in [0.3, 0.4) is 0 Å². The van der Waals surface area contributed by atoms with Crippen LogP contribution in [-0.4, -0.2) is 34.8 Å². The molecule has 148 valence electrons. The van der Waals surface area contributed by atoms with Crippen LogP contribution in [0.1, 0.15) is 25.8 Å². The molecule has 0 radical (unpaired) electrons. The zero-order chi connectivity index (χ0) is 19.7. The molecule has 0 fully saturated rings. The van der Waals surface area contributed by atoms with Gasteiger partial charge in [0.05, 0.1) is 24.7 Å². The second kappa shape index (κ2) is 10.2. The Bertz CT molecular complexity index is 836. The van der Waals surface area contributed by atoms with Gasteiger partial charge in [-0.05, 0) is 57.0 Å². The van der Waals surface area contributed by atoms with Crippen LogP contribution in [0, 0.1) is 6.92 Å². The molecular formula is C20H27NO5S. The highest BCUT2D eigenvalue weighted by atomic mass is 32.2. The molecule has 1 N–H and O–H groups in total. The molecule has 0 amide bonds. The van der Waals surface area contributed by atoms with Crippen molar-refractivity contribution in [2.45, 2.75) is 32.1 Å². The summed E-state index contributed by atoms with van der Waals surface area (Å²) < 4.78 is 44.1. The van der Waals surface area contributed by atoms with E-state index in [-0.39, 0.29) is 11.4 Å². The molecule has 0 saturated heterocycles. The molecule has 0 atom stereocenters. The summed E-state index contributed by atoms with van der Waals surface area (Å²) in [7, 11) is -3.63. The maximum atomic E-state index is 12.5. The predicted octanol–water partition coefficient (Wildman–Crippen LogP) is 3.54. The average molecular weight is 394 g/mol. The van der Waals surface area contributed by atoms with E-state index < -0.39 is 10.0 Å². The van der Waals surface area contributed by atoms with Gasteiger partial charge in [0.15, 0.2) is 11.5 Å². The lowest BCUT2D eigenvalue weighted by Gasteiger charge is -2.13. The van der Waals surface area contributed by atoms with Crippen molar-refractivity contribution in [3.63, 3.8) is 0 Å². The van der Waals surface area contributed by atoms with Crippen molar-refractivity contribution in [3.8, 4) is 17.2 Å². The third-order valence-corrected chi connectivity index (χ3v) is 5.16. The molecule has 7 heteroatoms. The van der Waals surface area contributed by atoms with Crippen LogP contribution < -0.4 is 18.9 Å². The zero-order valence-electron chi connectivity index (χ0n) is 16.0. The fourth-order valence-electron chi connectivity index (χ4n) is 2.46. The average Bonchev–Trinajstić information content (AvgIpc) is 2.63. The van der Waals surface area contributed by atoms with Crippen molar-refractivity contribution in [2.24, 2.45) is 0 Å². The number of ether oxygens (including phenoxy) is 3. The Balaban J connectivity index is 1.90. The summed E-state index contributed by atoms with van der Waals surface area (Å²) in [5.41, 5.74) is 1.12. The molecule has 0 aromatic heterocycles. The second-order valence-corrected chi connectivity index (χ2v) is 7.66. The third-order valence-electron chi connectivity index (χ3n) is 3.70. The molecule has 6 nitrogen and oxygen atoms in total. The van der Waals surface area contributed by atoms with E-state index in [9.17, 15) is 8.42 Å². The van der Waals surface area contributed by atoms with E-state index in [2.05, 4.69) is 4.72 Å². The quantitative estimate of drug-likeness (QED) is 0.591. The molecule has 0 unspecified atom stereocenters. The summed E-state index contributed by atoms with van der Waals surface area (Å²) in [6.45, 7) is 7.31. The number of hydrogen-bond donors (Lipinski definition) is 1. The van der Waals surface area contributed by atoms with Gasteiger partial charge in [-0.25, -0.2) is 13.1 Å². The predicted molar refractivity (Wildman–Crippen MR) is 105 cm³/mol. The number of nitrogens with one attached hydrogen (secondary N) is 1. The maximum absolute atomic E-state index is 12.5. The zero-order valence-corrected chi connectivity index (χ0v) is 16.8. The van der Waals surface area contributed by atoms with E-state index in [1.807, 2.05) is 45.0 Å². The summed E-state index contributed by atoms with van der Waals surface area (Å²) >= 11 is 0. The number of benzene rings is 2. The monoisotopic (exact) mass is 393 g/mol. The van der Waals surface area contributed by atoms with Crippen LogP contribution in [0.25, 0.3) is 0 Å². The van der Waals surface area contributed by atoms with E-state index in [1.165, 1.54) is 12.1 Å². The van der Waals surface area contributed by atoms with Crippen molar-refractivity contribution in [1.29, 1.82) is 0 Å². The van der Waals surface area contributed by atoms with Crippen LogP contribution in [0.5, 0.6) is 17.2 Å². The Morgan fingerprint density at radius 3 is 2.37 bits per heavy atom. The minimum Gasteiger partial charge on any atom is -0.494 e. The number of sulfonamides is 1. The molecule has 2 rings (SSSR count). The Morgan fingerprint density at radius 2 is 1.67 bits per heavy atom. The van der Waals surface area contributed by atoms with E-state index in [0.717, 1.165) is 11.3 Å². The van der Waals surface area contributed by atoms with Crippen molar-refractivity contribution >= 4 is 10.0 Å². The Hall–Kier alpha value is -2.25. The van der Waals surface area contributed by atoms with Gasteiger partial charge in [-0.2, -0.15) is 0 Å². The highest BCUT2D eigenvalue weighted by Crippen LogP contribution is 2.30. The first-order valence-corrected chi connectivity index (χ1v) is 10.5. The largest absolute Gasteiger partial charge is 0.494 e. The van der Waals surface area contributed by atoms with Crippen molar-refractivity contribution < 1.29 is 22.6 Å². The van der Waals surface area contributed by atoms with E-state index in [1.54, 1.807) is 6.07 Å². The van der Waals surface area contributed by atoms with Crippen LogP contribution in [0.4, 0.5) is 0 Å². The van der Waals surface area contributed by atoms with E-state index in [4.69, 9.17) is 14.2 Å². The van der Waals surface area contributed by atoms with Crippen molar-refractivity contribution in [1.82, 2.24) is 4.72 Å². The van der Waals surface area contributed by atoms with Gasteiger partial charge in [0, 0.05) is 12.6 Å². The SMILES string of the molecule is CCOc1ccc(S(=O)(=O)NCCCOc2cccc(C)c2)cc1OCC. The van der Waals surface area contributed by atoms with Gasteiger partial charge in [0.2, 0.25) is 10.0 Å². The van der Waals surface area contributed by atoms with Gasteiger partial charge in [-0.3, -0.25) is 0 Å². The lowest BCUT2D eigenvalue weighted by molar-refractivity contribution is 0.287. The molecule has 0 aliphatic heterocycles. The van der Waals surface area contributed by atoms with Crippen molar-refractivity contribution in [2.75, 3.05) is 26.4 Å². The van der Waals surface area contributed by atoms with Gasteiger partial charge >= 0.3 is 0 Å². The molecule has 2 aromatic carbocycles. The van der Waals surface area contributed by atoms with Gasteiger partial charge in [-0.15, -0.1) is 0 Å². The molecule has 0 heterocycles. The third kappa shape index (κ3) is 6.45. The molecule has 0 saturated carbocycles. The standard InChI is InChI=1S/C20H27NO5S/c1-4-24-19-11-10-18(15-20(19)25-5-2)27(22,23)21-12-7-13-26-17-9-6-8-16(3)14-17/h6,8-11,14-15,21H,4-5,7,12-13H2,1-3H3. The van der Waals surface area contributed by atoms with Gasteiger partial charge in [0.25, 0.3) is 0 Å². The number of hydrogen-bond acceptors (Lipinski definition) is 5. The number of rotatable bonds is 11. The van der Waals surface area contributed by atoms with Crippen molar-refractivity contribution in [3.05, 3.63) is 48.0 Å². The molecule has 0 bridgehead atoms. The fourth-order valence-corrected chi connectivity index (χ4v) is 3.54. The lowest BCUT2D eigenvalue weighted by Crippen LogP contribution is -2.26. The van der Waals surface area contributed by atoms with Gasteiger partial charge < -0.3 is 14.2 Å². The normalized spacial score (nSPS) is 11.2. The second-order valence-electron chi connectivity index (χ2n) is 5.89. The van der Waals surface area contributed by atoms with Gasteiger partial charge in [-0.1, -0.05) is 12.1 Å². The topological polar surface area (TPSA) is 73.9 Å². The van der Waals surface area contributed by atoms with Crippen LogP contribution in [-0.2, 0) is 10.0 Å². The molecule has 2 aromatic rings. The summed E-state index contributed by atoms with van der Waals surface area (Å²) in [5.74, 6) is 1.74. The summed E-state index contributed by atoms with van der Waals surface area (Å²) in [4.78, 5) is 0.147. The molecule has 0 spiro atoms. The minimum absolute atomic E-state index is 0.147. The molecular weight excluding hydrogens is 366 g/mol. The number of aryl methyl sites for hydroxylation is 1. The van der Waals surface area contributed by atoms with Crippen LogP contribution >= 0.6 is 0 Å². The van der Waals surface area contributed by atoms with E-state index >= 15 is 0 Å². The summed E-state index contributed by atoms with van der Waals surface area (Å²) in [6, 6.07) is 12.4.